The van der Waals surface area contributed by atoms with Crippen molar-refractivity contribution < 1.29 is 4.79 Å². The van der Waals surface area contributed by atoms with Crippen molar-refractivity contribution in [1.82, 2.24) is 10.2 Å². The van der Waals surface area contributed by atoms with Crippen LogP contribution in [0.2, 0.25) is 0 Å². The molecule has 1 heterocycles. The van der Waals surface area contributed by atoms with Crippen molar-refractivity contribution in [2.24, 2.45) is 29.6 Å². The maximum absolute atomic E-state index is 12.9. The van der Waals surface area contributed by atoms with Gasteiger partial charge in [-0.1, -0.05) is 13.8 Å². The quantitative estimate of drug-likeness (QED) is 0.857. The van der Waals surface area contributed by atoms with E-state index in [-0.39, 0.29) is 5.54 Å². The SMILES string of the molecule is CC(C)CC1NC2(CC2)C(=O)N1C1C2C3CCC(C3)C21. The molecule has 5 aliphatic rings. The van der Waals surface area contributed by atoms with E-state index >= 15 is 0 Å². The monoisotopic (exact) mass is 274 g/mol. The molecule has 0 aromatic rings. The van der Waals surface area contributed by atoms with E-state index in [4.69, 9.17) is 0 Å². The zero-order valence-corrected chi connectivity index (χ0v) is 12.6. The summed E-state index contributed by atoms with van der Waals surface area (Å²) in [6, 6.07) is 0.616. The minimum absolute atomic E-state index is 0.116. The molecule has 20 heavy (non-hydrogen) atoms. The number of hydrogen-bond donors (Lipinski definition) is 1. The predicted octanol–water partition coefficient (Wildman–Crippen LogP) is 2.37. The number of carbonyl (C=O) groups is 1. The van der Waals surface area contributed by atoms with Crippen molar-refractivity contribution in [1.29, 1.82) is 0 Å². The van der Waals surface area contributed by atoms with E-state index in [2.05, 4.69) is 24.1 Å². The highest BCUT2D eigenvalue weighted by Gasteiger charge is 2.71. The van der Waals surface area contributed by atoms with E-state index in [1.165, 1.54) is 19.3 Å². The van der Waals surface area contributed by atoms with Gasteiger partial charge < -0.3 is 4.90 Å². The van der Waals surface area contributed by atoms with Gasteiger partial charge in [0.1, 0.15) is 0 Å². The molecule has 5 unspecified atom stereocenters. The van der Waals surface area contributed by atoms with E-state index in [0.29, 0.717) is 24.0 Å². The van der Waals surface area contributed by atoms with Gasteiger partial charge in [-0.2, -0.15) is 0 Å². The molecule has 5 atom stereocenters. The largest absolute Gasteiger partial charge is 0.322 e. The van der Waals surface area contributed by atoms with E-state index in [1.807, 2.05) is 0 Å². The molecular formula is C17H26N2O. The Morgan fingerprint density at radius 3 is 2.45 bits per heavy atom. The van der Waals surface area contributed by atoms with Crippen molar-refractivity contribution in [3.8, 4) is 0 Å². The summed E-state index contributed by atoms with van der Waals surface area (Å²) >= 11 is 0. The predicted molar refractivity (Wildman–Crippen MR) is 76.8 cm³/mol. The van der Waals surface area contributed by atoms with E-state index in [0.717, 1.165) is 42.9 Å². The second-order valence-electron chi connectivity index (χ2n) is 8.56. The van der Waals surface area contributed by atoms with E-state index in [1.54, 1.807) is 0 Å². The van der Waals surface area contributed by atoms with Gasteiger partial charge in [-0.3, -0.25) is 10.1 Å². The molecule has 0 aromatic heterocycles. The minimum atomic E-state index is -0.116. The summed E-state index contributed by atoms with van der Waals surface area (Å²) in [6.07, 6.45) is 7.97. The molecule has 4 aliphatic carbocycles. The molecule has 4 saturated carbocycles. The highest BCUT2D eigenvalue weighted by molar-refractivity contribution is 5.92. The van der Waals surface area contributed by atoms with Crippen LogP contribution in [0.3, 0.4) is 0 Å². The molecule has 2 bridgehead atoms. The average molecular weight is 274 g/mol. The second kappa shape index (κ2) is 3.60. The molecule has 3 heteroatoms. The van der Waals surface area contributed by atoms with Crippen molar-refractivity contribution in [3.63, 3.8) is 0 Å². The molecule has 110 valence electrons. The lowest BCUT2D eigenvalue weighted by Gasteiger charge is -2.28. The zero-order chi connectivity index (χ0) is 13.6. The first-order valence-corrected chi connectivity index (χ1v) is 8.71. The molecule has 1 amide bonds. The van der Waals surface area contributed by atoms with Gasteiger partial charge in [0.15, 0.2) is 0 Å². The smallest absolute Gasteiger partial charge is 0.244 e. The van der Waals surface area contributed by atoms with Gasteiger partial charge in [0, 0.05) is 6.04 Å². The third kappa shape index (κ3) is 1.38. The Hall–Kier alpha value is -0.570. The van der Waals surface area contributed by atoms with Gasteiger partial charge in [0.05, 0.1) is 11.7 Å². The van der Waals surface area contributed by atoms with Crippen LogP contribution < -0.4 is 5.32 Å². The van der Waals surface area contributed by atoms with E-state index in [9.17, 15) is 4.79 Å². The van der Waals surface area contributed by atoms with Crippen LogP contribution in [0.25, 0.3) is 0 Å². The first-order chi connectivity index (χ1) is 9.61. The molecule has 0 radical (unpaired) electrons. The van der Waals surface area contributed by atoms with Crippen LogP contribution in [0.5, 0.6) is 0 Å². The van der Waals surface area contributed by atoms with Crippen LogP contribution in [0, 0.1) is 29.6 Å². The van der Waals surface area contributed by atoms with Crippen LogP contribution in [0.15, 0.2) is 0 Å². The summed E-state index contributed by atoms with van der Waals surface area (Å²) in [5.74, 6) is 4.79. The third-order valence-corrected chi connectivity index (χ3v) is 6.88. The number of nitrogens with zero attached hydrogens (tertiary/aromatic N) is 1. The maximum Gasteiger partial charge on any atom is 0.244 e. The van der Waals surface area contributed by atoms with Crippen molar-refractivity contribution >= 4 is 5.91 Å². The Labute approximate surface area is 121 Å². The van der Waals surface area contributed by atoms with Gasteiger partial charge in [0.25, 0.3) is 0 Å². The average Bonchev–Trinajstić information content (AvgIpc) is 3.22. The highest BCUT2D eigenvalue weighted by Crippen LogP contribution is 2.68. The number of nitrogens with one attached hydrogen (secondary N) is 1. The number of carbonyl (C=O) groups excluding carboxylic acids is 1. The van der Waals surface area contributed by atoms with Crippen LogP contribution in [-0.2, 0) is 4.79 Å². The Morgan fingerprint density at radius 1 is 1.25 bits per heavy atom. The molecule has 1 N–H and O–H groups in total. The van der Waals surface area contributed by atoms with Gasteiger partial charge in [-0.15, -0.1) is 0 Å². The first-order valence-electron chi connectivity index (χ1n) is 8.71. The molecule has 5 fully saturated rings. The Kier molecular flexibility index (Phi) is 2.16. The lowest BCUT2D eigenvalue weighted by Crippen LogP contribution is -2.42. The molecule has 1 aliphatic heterocycles. The van der Waals surface area contributed by atoms with E-state index < -0.39 is 0 Å². The number of fused-ring (bicyclic) bond motifs is 5. The molecule has 5 rings (SSSR count). The van der Waals surface area contributed by atoms with Gasteiger partial charge in [-0.05, 0) is 68.1 Å². The topological polar surface area (TPSA) is 32.3 Å². The normalized spacial score (nSPS) is 50.4. The number of hydrogen-bond acceptors (Lipinski definition) is 2. The van der Waals surface area contributed by atoms with Crippen molar-refractivity contribution in [2.75, 3.05) is 0 Å². The molecule has 3 nitrogen and oxygen atoms in total. The number of amides is 1. The summed E-state index contributed by atoms with van der Waals surface area (Å²) in [5, 5.41) is 3.71. The fraction of sp³-hybridized carbons (Fsp3) is 0.941. The highest BCUT2D eigenvalue weighted by atomic mass is 16.2. The lowest BCUT2D eigenvalue weighted by molar-refractivity contribution is -0.132. The van der Waals surface area contributed by atoms with Gasteiger partial charge >= 0.3 is 0 Å². The Balaban J connectivity index is 1.42. The van der Waals surface area contributed by atoms with Crippen LogP contribution in [0.4, 0.5) is 0 Å². The summed E-state index contributed by atoms with van der Waals surface area (Å²) in [5.41, 5.74) is -0.116. The summed E-state index contributed by atoms with van der Waals surface area (Å²) in [4.78, 5) is 15.2. The lowest BCUT2D eigenvalue weighted by atomic mass is 10.0. The Morgan fingerprint density at radius 2 is 1.90 bits per heavy atom. The fourth-order valence-electron chi connectivity index (χ4n) is 5.93. The van der Waals surface area contributed by atoms with Crippen LogP contribution in [-0.4, -0.2) is 28.6 Å². The summed E-state index contributed by atoms with van der Waals surface area (Å²) in [6.45, 7) is 4.55. The third-order valence-electron chi connectivity index (χ3n) is 6.88. The first kappa shape index (κ1) is 12.0. The molecule has 1 spiro atoms. The van der Waals surface area contributed by atoms with Crippen molar-refractivity contribution in [2.45, 2.75) is 70.1 Å². The fourth-order valence-corrected chi connectivity index (χ4v) is 5.93. The minimum Gasteiger partial charge on any atom is -0.322 e. The summed E-state index contributed by atoms with van der Waals surface area (Å²) < 4.78 is 0. The molecule has 1 saturated heterocycles. The van der Waals surface area contributed by atoms with Crippen LogP contribution in [0.1, 0.15) is 52.4 Å². The van der Waals surface area contributed by atoms with Gasteiger partial charge in [0.2, 0.25) is 5.91 Å². The maximum atomic E-state index is 12.9. The molecular weight excluding hydrogens is 248 g/mol. The standard InChI is InChI=1S/C17H26N2O/c1-9(2)7-12-18-17(5-6-17)16(20)19(12)15-13-10-3-4-11(8-10)14(13)15/h9-15,18H,3-8H2,1-2H3. The van der Waals surface area contributed by atoms with Gasteiger partial charge in [-0.25, -0.2) is 0 Å². The second-order valence-corrected chi connectivity index (χ2v) is 8.56. The number of rotatable bonds is 3. The summed E-state index contributed by atoms with van der Waals surface area (Å²) in [7, 11) is 0. The van der Waals surface area contributed by atoms with Crippen molar-refractivity contribution in [3.05, 3.63) is 0 Å². The Bertz CT molecular complexity index is 454. The molecule has 0 aromatic carbocycles. The zero-order valence-electron chi connectivity index (χ0n) is 12.6. The van der Waals surface area contributed by atoms with Crippen LogP contribution >= 0.6 is 0 Å².